The summed E-state index contributed by atoms with van der Waals surface area (Å²) in [5.41, 5.74) is 2.13. The monoisotopic (exact) mass is 371 g/mol. The van der Waals surface area contributed by atoms with Crippen LogP contribution in [0.4, 0.5) is 16.2 Å². The van der Waals surface area contributed by atoms with E-state index in [4.69, 9.17) is 0 Å². The number of nitrogens with zero attached hydrogens (tertiary/aromatic N) is 4. The first-order valence-electron chi connectivity index (χ1n) is 10.5. The summed E-state index contributed by atoms with van der Waals surface area (Å²) in [4.78, 5) is 21.9. The number of amides is 2. The lowest BCUT2D eigenvalue weighted by Gasteiger charge is -2.38. The second-order valence-electron chi connectivity index (χ2n) is 8.23. The third-order valence-corrected chi connectivity index (χ3v) is 6.43. The number of likely N-dealkylation sites (N-methyl/N-ethyl adjacent to an activating group) is 1. The minimum absolute atomic E-state index is 0.0356. The molecule has 6 heteroatoms. The first-order valence-corrected chi connectivity index (χ1v) is 10.5. The van der Waals surface area contributed by atoms with E-state index in [9.17, 15) is 4.79 Å². The lowest BCUT2D eigenvalue weighted by molar-refractivity contribution is 0.115. The Kier molecular flexibility index (Phi) is 5.83. The van der Waals surface area contributed by atoms with Gasteiger partial charge in [-0.05, 0) is 44.2 Å². The van der Waals surface area contributed by atoms with Crippen LogP contribution in [0, 0.1) is 0 Å². The zero-order valence-electron chi connectivity index (χ0n) is 16.6. The highest BCUT2D eigenvalue weighted by Crippen LogP contribution is 2.24. The number of hydrogen-bond acceptors (Lipinski definition) is 4. The van der Waals surface area contributed by atoms with E-state index in [2.05, 4.69) is 39.2 Å². The summed E-state index contributed by atoms with van der Waals surface area (Å²) in [7, 11) is 2.17. The predicted molar refractivity (Wildman–Crippen MR) is 111 cm³/mol. The zero-order chi connectivity index (χ0) is 18.6. The quantitative estimate of drug-likeness (QED) is 0.887. The van der Waals surface area contributed by atoms with E-state index in [1.807, 2.05) is 17.0 Å². The lowest BCUT2D eigenvalue weighted by atomic mass is 10.2. The average molecular weight is 372 g/mol. The molecular weight excluding hydrogens is 338 g/mol. The maximum Gasteiger partial charge on any atom is 0.321 e. The van der Waals surface area contributed by atoms with Crippen LogP contribution in [-0.4, -0.2) is 86.2 Å². The number of carbonyl (C=O) groups excluding carboxylic acids is 1. The minimum Gasteiger partial charge on any atom is -0.369 e. The van der Waals surface area contributed by atoms with Crippen molar-refractivity contribution >= 4 is 17.4 Å². The third-order valence-electron chi connectivity index (χ3n) is 6.43. The van der Waals surface area contributed by atoms with Crippen molar-refractivity contribution in [1.82, 2.24) is 14.7 Å². The molecule has 0 atom stereocenters. The lowest BCUT2D eigenvalue weighted by Crippen LogP contribution is -2.52. The summed E-state index contributed by atoms with van der Waals surface area (Å²) in [5.74, 6) is 0. The van der Waals surface area contributed by atoms with Crippen molar-refractivity contribution in [3.05, 3.63) is 24.3 Å². The molecule has 2 amide bonds. The fraction of sp³-hybridized carbons (Fsp3) is 0.667. The number of hydrogen-bond donors (Lipinski definition) is 1. The van der Waals surface area contributed by atoms with E-state index in [1.165, 1.54) is 31.4 Å². The highest BCUT2D eigenvalue weighted by atomic mass is 16.2. The van der Waals surface area contributed by atoms with E-state index < -0.39 is 0 Å². The molecule has 2 aliphatic heterocycles. The minimum atomic E-state index is 0.0356. The molecule has 3 fully saturated rings. The molecule has 2 heterocycles. The normalized spacial score (nSPS) is 23.0. The third kappa shape index (κ3) is 4.55. The fourth-order valence-corrected chi connectivity index (χ4v) is 4.58. The van der Waals surface area contributed by atoms with Gasteiger partial charge in [0, 0.05) is 69.8 Å². The first kappa shape index (κ1) is 18.6. The number of benzene rings is 1. The van der Waals surface area contributed by atoms with Crippen molar-refractivity contribution in [2.45, 2.75) is 31.7 Å². The summed E-state index contributed by atoms with van der Waals surface area (Å²) >= 11 is 0. The van der Waals surface area contributed by atoms with Crippen LogP contribution in [0.15, 0.2) is 24.3 Å². The van der Waals surface area contributed by atoms with Gasteiger partial charge in [-0.2, -0.15) is 0 Å². The van der Waals surface area contributed by atoms with E-state index in [1.54, 1.807) is 0 Å². The van der Waals surface area contributed by atoms with Crippen LogP contribution in [0.1, 0.15) is 25.7 Å². The van der Waals surface area contributed by atoms with Gasteiger partial charge in [0.15, 0.2) is 0 Å². The summed E-state index contributed by atoms with van der Waals surface area (Å²) in [6.45, 7) is 8.03. The van der Waals surface area contributed by atoms with Gasteiger partial charge in [0.05, 0.1) is 0 Å². The van der Waals surface area contributed by atoms with Crippen molar-refractivity contribution in [3.8, 4) is 0 Å². The molecule has 1 aromatic rings. The molecule has 6 nitrogen and oxygen atoms in total. The van der Waals surface area contributed by atoms with E-state index in [0.29, 0.717) is 0 Å². The Hall–Kier alpha value is -1.79. The van der Waals surface area contributed by atoms with Crippen LogP contribution in [0.3, 0.4) is 0 Å². The van der Waals surface area contributed by atoms with E-state index in [-0.39, 0.29) is 6.03 Å². The van der Waals surface area contributed by atoms with Gasteiger partial charge < -0.3 is 20.0 Å². The molecule has 148 valence electrons. The van der Waals surface area contributed by atoms with Gasteiger partial charge in [0.2, 0.25) is 0 Å². The molecule has 2 saturated heterocycles. The molecule has 3 aliphatic rings. The zero-order valence-corrected chi connectivity index (χ0v) is 16.6. The molecule has 0 spiro atoms. The molecule has 0 aromatic heterocycles. The molecule has 1 aromatic carbocycles. The Labute approximate surface area is 163 Å². The van der Waals surface area contributed by atoms with Crippen LogP contribution in [0.5, 0.6) is 0 Å². The molecule has 0 radical (unpaired) electrons. The number of piperazine rings is 2. The summed E-state index contributed by atoms with van der Waals surface area (Å²) in [6.07, 6.45) is 5.42. The van der Waals surface area contributed by atoms with Crippen molar-refractivity contribution in [3.63, 3.8) is 0 Å². The van der Waals surface area contributed by atoms with Gasteiger partial charge in [0.25, 0.3) is 0 Å². The van der Waals surface area contributed by atoms with Gasteiger partial charge in [-0.3, -0.25) is 4.90 Å². The largest absolute Gasteiger partial charge is 0.369 e. The Morgan fingerprint density at radius 3 is 2.15 bits per heavy atom. The number of urea groups is 1. The molecule has 0 unspecified atom stereocenters. The fourth-order valence-electron chi connectivity index (χ4n) is 4.58. The maximum atomic E-state index is 12.6. The van der Waals surface area contributed by atoms with Gasteiger partial charge in [-0.15, -0.1) is 0 Å². The van der Waals surface area contributed by atoms with E-state index in [0.717, 1.165) is 64.1 Å². The highest BCUT2D eigenvalue weighted by Gasteiger charge is 2.27. The van der Waals surface area contributed by atoms with Crippen molar-refractivity contribution in [2.75, 3.05) is 69.6 Å². The van der Waals surface area contributed by atoms with Crippen LogP contribution < -0.4 is 10.2 Å². The molecule has 1 saturated carbocycles. The number of nitrogens with one attached hydrogen (secondary N) is 1. The van der Waals surface area contributed by atoms with Crippen molar-refractivity contribution in [2.24, 2.45) is 0 Å². The van der Waals surface area contributed by atoms with Crippen LogP contribution >= 0.6 is 0 Å². The summed E-state index contributed by atoms with van der Waals surface area (Å²) in [5, 5.41) is 3.07. The Bertz CT molecular complexity index is 612. The second kappa shape index (κ2) is 8.48. The Morgan fingerprint density at radius 1 is 0.889 bits per heavy atom. The smallest absolute Gasteiger partial charge is 0.321 e. The average Bonchev–Trinajstić information content (AvgIpc) is 3.24. The van der Waals surface area contributed by atoms with Gasteiger partial charge >= 0.3 is 6.03 Å². The first-order chi connectivity index (χ1) is 13.2. The molecular formula is C21H33N5O. The molecule has 1 N–H and O–H groups in total. The van der Waals surface area contributed by atoms with Crippen LogP contribution in [0.2, 0.25) is 0 Å². The van der Waals surface area contributed by atoms with Gasteiger partial charge in [-0.1, -0.05) is 12.8 Å². The van der Waals surface area contributed by atoms with Crippen LogP contribution in [-0.2, 0) is 0 Å². The topological polar surface area (TPSA) is 42.1 Å². The summed E-state index contributed by atoms with van der Waals surface area (Å²) < 4.78 is 0. The van der Waals surface area contributed by atoms with Crippen molar-refractivity contribution < 1.29 is 4.79 Å². The number of rotatable bonds is 3. The summed E-state index contributed by atoms with van der Waals surface area (Å²) in [6, 6.07) is 9.10. The molecule has 27 heavy (non-hydrogen) atoms. The van der Waals surface area contributed by atoms with Gasteiger partial charge in [-0.25, -0.2) is 4.79 Å². The highest BCUT2D eigenvalue weighted by molar-refractivity contribution is 5.89. The number of carbonyl (C=O) groups is 1. The molecule has 4 rings (SSSR count). The van der Waals surface area contributed by atoms with Gasteiger partial charge in [0.1, 0.15) is 0 Å². The Morgan fingerprint density at radius 2 is 1.52 bits per heavy atom. The van der Waals surface area contributed by atoms with Crippen molar-refractivity contribution in [1.29, 1.82) is 0 Å². The Balaban J connectivity index is 1.26. The standard InChI is InChI=1S/C21H33N5O/c1-23-10-12-24(13-11-23)20-8-6-18(7-9-20)22-21(27)26-16-14-25(15-17-26)19-4-2-3-5-19/h6-9,19H,2-5,10-17H2,1H3,(H,22,27). The number of anilines is 2. The molecule has 1 aliphatic carbocycles. The van der Waals surface area contributed by atoms with E-state index >= 15 is 0 Å². The molecule has 0 bridgehead atoms. The van der Waals surface area contributed by atoms with Crippen LogP contribution in [0.25, 0.3) is 0 Å². The SMILES string of the molecule is CN1CCN(c2ccc(NC(=O)N3CCN(C4CCCC4)CC3)cc2)CC1. The maximum absolute atomic E-state index is 12.6. The predicted octanol–water partition coefficient (Wildman–Crippen LogP) is 2.53. The second-order valence-corrected chi connectivity index (χ2v) is 8.23.